The molecule has 0 saturated carbocycles. The van der Waals surface area contributed by atoms with Gasteiger partial charge in [-0.3, -0.25) is 23.7 Å². The van der Waals surface area contributed by atoms with E-state index in [0.717, 1.165) is 48.8 Å². The third kappa shape index (κ3) is 15.8. The predicted molar refractivity (Wildman–Crippen MR) is 313 cm³/mol. The van der Waals surface area contributed by atoms with Crippen LogP contribution in [0.3, 0.4) is 0 Å². The molecule has 0 atom stereocenters. The van der Waals surface area contributed by atoms with E-state index in [9.17, 15) is 32.1 Å². The molecule has 0 radical (unpaired) electrons. The van der Waals surface area contributed by atoms with Gasteiger partial charge < -0.3 is 31.1 Å². The minimum Gasteiger partial charge on any atom is -0.372 e. The van der Waals surface area contributed by atoms with Crippen molar-refractivity contribution in [2.24, 2.45) is 20.5 Å². The number of aromatic nitrogens is 5. The number of hydrogen-bond acceptors (Lipinski definition) is 22. The summed E-state index contributed by atoms with van der Waals surface area (Å²) in [7, 11) is -4.98. The van der Waals surface area contributed by atoms with Crippen LogP contribution < -0.4 is 31.1 Å². The van der Waals surface area contributed by atoms with Gasteiger partial charge in [0.15, 0.2) is 16.7 Å². The van der Waals surface area contributed by atoms with Gasteiger partial charge in [0.2, 0.25) is 27.2 Å². The second-order valence-electron chi connectivity index (χ2n) is 16.7. The maximum Gasteiger partial charge on any atom is 0.313 e. The highest BCUT2D eigenvalue weighted by Crippen LogP contribution is 2.38. The van der Waals surface area contributed by atoms with Gasteiger partial charge in [-0.15, -0.1) is 20.5 Å². The van der Waals surface area contributed by atoms with E-state index in [0.29, 0.717) is 68.6 Å². The lowest BCUT2D eigenvalue weighted by Crippen LogP contribution is -2.21. The Morgan fingerprint density at radius 3 is 1.56 bits per heavy atom. The molecule has 5 N–H and O–H groups in total. The number of nitrogens with one attached hydrogen (secondary N) is 4. The quantitative estimate of drug-likeness (QED) is 0.00887. The highest BCUT2D eigenvalue weighted by Gasteiger charge is 2.25. The van der Waals surface area contributed by atoms with Crippen molar-refractivity contribution < 1.29 is 32.1 Å². The van der Waals surface area contributed by atoms with Gasteiger partial charge in [-0.1, -0.05) is 77.8 Å². The van der Waals surface area contributed by atoms with E-state index >= 15 is 0 Å². The summed E-state index contributed by atoms with van der Waals surface area (Å²) in [5.74, 6) is -1.55. The van der Waals surface area contributed by atoms with Crippen LogP contribution in [0.1, 0.15) is 58.2 Å². The Bertz CT molecular complexity index is 3580. The number of anilines is 8. The number of amides is 2. The number of Topliss-reactive ketones (excluding diaryl/α,β-unsaturated/α-hetero) is 2. The molecule has 4 aromatic carbocycles. The van der Waals surface area contributed by atoms with Crippen LogP contribution in [0.4, 0.5) is 67.7 Å². The number of rotatable bonds is 25. The minimum absolute atomic E-state index is 0.0525. The number of ketones is 2. The van der Waals surface area contributed by atoms with Gasteiger partial charge in [0.1, 0.15) is 11.4 Å². The molecular weight excluding hydrogens is 1090 g/mol. The molecule has 3 heterocycles. The van der Waals surface area contributed by atoms with Gasteiger partial charge in [0.25, 0.3) is 11.8 Å². The van der Waals surface area contributed by atoms with Crippen molar-refractivity contribution in [3.8, 4) is 0 Å². The first kappa shape index (κ1) is 58.3. The molecule has 3 aromatic heterocycles. The lowest BCUT2D eigenvalue weighted by molar-refractivity contribution is -0.120. The summed E-state index contributed by atoms with van der Waals surface area (Å²) in [5.41, 5.74) is 3.77. The van der Waals surface area contributed by atoms with E-state index in [1.165, 1.54) is 31.0 Å². The average Bonchev–Trinajstić information content (AvgIpc) is 4.17. The molecule has 0 aliphatic carbocycles. The maximum absolute atomic E-state index is 13.2. The Labute approximate surface area is 468 Å². The molecule has 0 fully saturated rings. The highest BCUT2D eigenvalue weighted by molar-refractivity contribution is 7.99. The van der Waals surface area contributed by atoms with Crippen LogP contribution in [0.15, 0.2) is 145 Å². The zero-order chi connectivity index (χ0) is 56.6. The SMILES string of the molecule is CCSc1nc(Nc2cc(N(CC)CC)ccc2N=Nc2ncc(/C=C(\C(C)=O)C(=O)Nc3ccccc3)s2)nc(Nc2cc(N(CC)CC)ccc2N=Nc2nc(S(=O)(=O)O)c(/C=C(/C(C)=O)C(=O)Nc3ccccc3)s2)n1. The molecule has 2 amide bonds. The smallest absolute Gasteiger partial charge is 0.313 e. The van der Waals surface area contributed by atoms with Gasteiger partial charge in [-0.05, 0) is 120 Å². The van der Waals surface area contributed by atoms with E-state index < -0.39 is 44.1 Å². The summed E-state index contributed by atoms with van der Waals surface area (Å²) < 4.78 is 35.4. The Hall–Kier alpha value is -8.43. The Balaban J connectivity index is 1.22. The first-order chi connectivity index (χ1) is 38.0. The Morgan fingerprint density at radius 1 is 0.620 bits per heavy atom. The molecule has 408 valence electrons. The Kier molecular flexibility index (Phi) is 20.1. The number of benzene rings is 4. The van der Waals surface area contributed by atoms with E-state index in [1.807, 2.05) is 65.0 Å². The third-order valence-corrected chi connectivity index (χ3v) is 14.7. The Morgan fingerprint density at radius 2 is 1.10 bits per heavy atom. The maximum atomic E-state index is 13.2. The van der Waals surface area contributed by atoms with Crippen molar-refractivity contribution in [3.05, 3.63) is 124 Å². The summed E-state index contributed by atoms with van der Waals surface area (Å²) in [6, 6.07) is 28.2. The van der Waals surface area contributed by atoms with Crippen molar-refractivity contribution in [3.63, 3.8) is 0 Å². The van der Waals surface area contributed by atoms with Crippen molar-refractivity contribution in [1.29, 1.82) is 0 Å². The lowest BCUT2D eigenvalue weighted by Gasteiger charge is -2.22. The van der Waals surface area contributed by atoms with Crippen LogP contribution >= 0.6 is 34.4 Å². The van der Waals surface area contributed by atoms with Crippen LogP contribution in [0.2, 0.25) is 0 Å². The number of hydrogen-bond donors (Lipinski definition) is 5. The average molecular weight is 1140 g/mol. The highest BCUT2D eigenvalue weighted by atomic mass is 32.2. The molecule has 0 saturated heterocycles. The molecular formula is C53H55N15O7S4. The van der Waals surface area contributed by atoms with Gasteiger partial charge in [-0.2, -0.15) is 23.4 Å². The molecule has 0 bridgehead atoms. The van der Waals surface area contributed by atoms with Crippen molar-refractivity contribution in [2.45, 2.75) is 58.6 Å². The fourth-order valence-corrected chi connectivity index (χ4v) is 10.5. The van der Waals surface area contributed by atoms with Crippen molar-refractivity contribution in [1.82, 2.24) is 24.9 Å². The molecule has 79 heavy (non-hydrogen) atoms. The van der Waals surface area contributed by atoms with Gasteiger partial charge in [0, 0.05) is 55.1 Å². The summed E-state index contributed by atoms with van der Waals surface area (Å²) in [5, 5.41) is 29.3. The van der Waals surface area contributed by atoms with E-state index in [2.05, 4.69) is 61.5 Å². The number of para-hydroxylation sites is 2. The van der Waals surface area contributed by atoms with Crippen LogP contribution in [-0.4, -0.2) is 93.2 Å². The third-order valence-electron chi connectivity index (χ3n) is 11.3. The van der Waals surface area contributed by atoms with Crippen LogP contribution in [-0.2, 0) is 29.3 Å². The van der Waals surface area contributed by atoms with E-state index in [-0.39, 0.29) is 38.3 Å². The second-order valence-corrected chi connectivity index (χ2v) is 21.3. The first-order valence-corrected chi connectivity index (χ1v) is 28.7. The standard InChI is InChI=1S/C53H55N15O7S4/c1-8-67(9-2)36-23-25-41(63-65-51-54-31-38(77-51)29-39(32(6)69)46(71)55-34-19-15-13-16-20-34)43(27-36)57-49-60-50(62-52(61-49)76-12-5)58-44-28-37(68(10-3)11-4)24-26-42(44)64-66-53-59-48(79(73,74)75)45(78-53)30-40(33(7)70)47(72)56-35-21-17-14-18-22-35/h13-31H,8-12H2,1-7H3,(H,55,71)(H,56,72)(H,73,74,75)(H2,57,58,60,61,62)/b39-29+,40-30-,65-63?,66-64?. The fraction of sp³-hybridized carbons (Fsp3) is 0.226. The number of nitrogens with zero attached hydrogens (tertiary/aromatic N) is 11. The number of azo groups is 2. The number of thiazole rings is 2. The normalized spacial score (nSPS) is 11.9. The minimum atomic E-state index is -4.98. The molecule has 7 rings (SSSR count). The summed E-state index contributed by atoms with van der Waals surface area (Å²) >= 11 is 3.20. The largest absolute Gasteiger partial charge is 0.372 e. The second kappa shape index (κ2) is 27.2. The van der Waals surface area contributed by atoms with Crippen molar-refractivity contribution in [2.75, 3.05) is 63.0 Å². The number of carbonyl (C=O) groups excluding carboxylic acids is 4. The predicted octanol–water partition coefficient (Wildman–Crippen LogP) is 12.4. The molecule has 0 unspecified atom stereocenters. The molecule has 7 aromatic rings. The molecule has 0 spiro atoms. The molecule has 26 heteroatoms. The summed E-state index contributed by atoms with van der Waals surface area (Å²) in [4.78, 5) is 78.8. The number of carbonyl (C=O) groups is 4. The zero-order valence-electron chi connectivity index (χ0n) is 44.0. The van der Waals surface area contributed by atoms with Crippen LogP contribution in [0.5, 0.6) is 0 Å². The number of thioether (sulfide) groups is 1. The molecule has 0 aliphatic heterocycles. The topological polar surface area (TPSA) is 291 Å². The van der Waals surface area contributed by atoms with E-state index in [4.69, 9.17) is 15.0 Å². The fourth-order valence-electron chi connectivity index (χ4n) is 7.47. The lowest BCUT2D eigenvalue weighted by atomic mass is 10.1. The monoisotopic (exact) mass is 1140 g/mol. The summed E-state index contributed by atoms with van der Waals surface area (Å²) in [6.45, 7) is 15.4. The first-order valence-electron chi connectivity index (χ1n) is 24.6. The van der Waals surface area contributed by atoms with E-state index in [1.54, 1.807) is 66.7 Å². The zero-order valence-corrected chi connectivity index (χ0v) is 47.2. The van der Waals surface area contributed by atoms with Gasteiger partial charge in [0.05, 0.1) is 32.3 Å². The molecule has 22 nitrogen and oxygen atoms in total. The molecule has 0 aliphatic rings. The summed E-state index contributed by atoms with van der Waals surface area (Å²) in [6.07, 6.45) is 4.01. The van der Waals surface area contributed by atoms with Crippen molar-refractivity contribution >= 4 is 148 Å². The van der Waals surface area contributed by atoms with Gasteiger partial charge in [-0.25, -0.2) is 9.97 Å². The van der Waals surface area contributed by atoms with Crippen LogP contribution in [0.25, 0.3) is 12.2 Å². The van der Waals surface area contributed by atoms with Crippen LogP contribution in [0, 0.1) is 0 Å². The van der Waals surface area contributed by atoms with Gasteiger partial charge >= 0.3 is 10.1 Å².